The number of amides is 3. The number of anilines is 1. The van der Waals surface area contributed by atoms with E-state index in [9.17, 15) is 14.4 Å². The van der Waals surface area contributed by atoms with Crippen molar-refractivity contribution in [2.75, 3.05) is 31.7 Å². The number of methoxy groups -OCH3 is 1. The van der Waals surface area contributed by atoms with E-state index in [2.05, 4.69) is 4.98 Å². The topological polar surface area (TPSA) is 89.0 Å². The van der Waals surface area contributed by atoms with Crippen molar-refractivity contribution in [1.82, 2.24) is 9.88 Å². The number of hydrogen-bond acceptors (Lipinski definition) is 7. The average molecular weight is 478 g/mol. The molecule has 5 rings (SSSR count). The third-order valence-corrected chi connectivity index (χ3v) is 6.87. The summed E-state index contributed by atoms with van der Waals surface area (Å²) < 4.78 is 10.9. The van der Waals surface area contributed by atoms with Crippen LogP contribution in [0.25, 0.3) is 11.3 Å². The number of benzene rings is 2. The largest absolute Gasteiger partial charge is 0.479 e. The van der Waals surface area contributed by atoms with Crippen molar-refractivity contribution in [3.05, 3.63) is 64.0 Å². The second-order valence-corrected chi connectivity index (χ2v) is 9.05. The van der Waals surface area contributed by atoms with E-state index < -0.39 is 6.10 Å². The van der Waals surface area contributed by atoms with Crippen molar-refractivity contribution in [3.63, 3.8) is 0 Å². The Labute approximate surface area is 200 Å². The summed E-state index contributed by atoms with van der Waals surface area (Å²) in [5.41, 5.74) is 3.05. The van der Waals surface area contributed by atoms with Gasteiger partial charge in [0.2, 0.25) is 0 Å². The van der Waals surface area contributed by atoms with Crippen LogP contribution in [0.5, 0.6) is 5.75 Å². The highest BCUT2D eigenvalue weighted by Crippen LogP contribution is 2.38. The van der Waals surface area contributed by atoms with Gasteiger partial charge in [0.05, 0.1) is 34.1 Å². The molecule has 174 valence electrons. The highest BCUT2D eigenvalue weighted by molar-refractivity contribution is 7.09. The number of aromatic nitrogens is 1. The molecular weight excluding hydrogens is 454 g/mol. The Morgan fingerprint density at radius 1 is 1.03 bits per heavy atom. The van der Waals surface area contributed by atoms with Gasteiger partial charge in [0.1, 0.15) is 5.75 Å². The maximum absolute atomic E-state index is 13.0. The molecule has 1 aromatic heterocycles. The second kappa shape index (κ2) is 9.00. The molecule has 2 aliphatic heterocycles. The van der Waals surface area contributed by atoms with Gasteiger partial charge in [0.25, 0.3) is 17.7 Å². The summed E-state index contributed by atoms with van der Waals surface area (Å²) in [5, 5.41) is 2.95. The first-order valence-electron chi connectivity index (χ1n) is 11.0. The zero-order valence-electron chi connectivity index (χ0n) is 18.8. The molecule has 3 heterocycles. The first-order valence-corrected chi connectivity index (χ1v) is 11.9. The summed E-state index contributed by atoms with van der Waals surface area (Å²) in [6.07, 6.45) is 0.0675. The van der Waals surface area contributed by atoms with Crippen LogP contribution in [0, 0.1) is 0 Å². The number of carbonyl (C=O) groups is 3. The van der Waals surface area contributed by atoms with Gasteiger partial charge in [0.15, 0.2) is 6.10 Å². The molecule has 3 amide bonds. The molecule has 0 aliphatic carbocycles. The SMILES string of the molecule is COCCc1nc(-c2ccc3c(c2)N(CCN2C(=O)c4ccccc4C2=O)C(=O)C(C)O3)cs1. The molecule has 8 nitrogen and oxygen atoms in total. The van der Waals surface area contributed by atoms with Crippen LogP contribution >= 0.6 is 11.3 Å². The fraction of sp³-hybridized carbons (Fsp3) is 0.280. The number of imide groups is 1. The lowest BCUT2D eigenvalue weighted by molar-refractivity contribution is -0.125. The minimum absolute atomic E-state index is 0.0896. The van der Waals surface area contributed by atoms with Crippen molar-refractivity contribution >= 4 is 34.7 Å². The van der Waals surface area contributed by atoms with Gasteiger partial charge in [-0.15, -0.1) is 11.3 Å². The maximum atomic E-state index is 13.0. The first kappa shape index (κ1) is 22.2. The average Bonchev–Trinajstić information content (AvgIpc) is 3.42. The van der Waals surface area contributed by atoms with Crippen LogP contribution in [-0.4, -0.2) is 60.5 Å². The summed E-state index contributed by atoms with van der Waals surface area (Å²) >= 11 is 1.56. The Kier molecular flexibility index (Phi) is 5.89. The van der Waals surface area contributed by atoms with Crippen LogP contribution in [0.4, 0.5) is 5.69 Å². The summed E-state index contributed by atoms with van der Waals surface area (Å²) in [4.78, 5) is 46.0. The lowest BCUT2D eigenvalue weighted by atomic mass is 10.1. The molecular formula is C25H23N3O5S. The molecule has 0 saturated carbocycles. The Morgan fingerprint density at radius 2 is 1.74 bits per heavy atom. The number of hydrogen-bond donors (Lipinski definition) is 0. The summed E-state index contributed by atoms with van der Waals surface area (Å²) in [7, 11) is 1.66. The van der Waals surface area contributed by atoms with Crippen molar-refractivity contribution in [1.29, 1.82) is 0 Å². The molecule has 0 radical (unpaired) electrons. The Bertz CT molecular complexity index is 1250. The molecule has 9 heteroatoms. The fourth-order valence-electron chi connectivity index (χ4n) is 4.19. The molecule has 2 aromatic carbocycles. The fourth-order valence-corrected chi connectivity index (χ4v) is 4.98. The van der Waals surface area contributed by atoms with Crippen LogP contribution in [0.2, 0.25) is 0 Å². The minimum atomic E-state index is -0.666. The molecule has 1 unspecified atom stereocenters. The van der Waals surface area contributed by atoms with Gasteiger partial charge in [-0.25, -0.2) is 4.98 Å². The Hall–Kier alpha value is -3.56. The van der Waals surface area contributed by atoms with E-state index >= 15 is 0 Å². The zero-order chi connectivity index (χ0) is 23.8. The van der Waals surface area contributed by atoms with Gasteiger partial charge in [-0.05, 0) is 37.3 Å². The molecule has 34 heavy (non-hydrogen) atoms. The number of rotatable bonds is 7. The highest BCUT2D eigenvalue weighted by atomic mass is 32.1. The monoisotopic (exact) mass is 477 g/mol. The number of fused-ring (bicyclic) bond motifs is 2. The molecule has 2 aliphatic rings. The van der Waals surface area contributed by atoms with Gasteiger partial charge in [-0.2, -0.15) is 0 Å². The second-order valence-electron chi connectivity index (χ2n) is 8.11. The van der Waals surface area contributed by atoms with Gasteiger partial charge < -0.3 is 14.4 Å². The van der Waals surface area contributed by atoms with Crippen molar-refractivity contribution in [2.45, 2.75) is 19.4 Å². The summed E-state index contributed by atoms with van der Waals surface area (Å²) in [5.74, 6) is -0.322. The van der Waals surface area contributed by atoms with Crippen molar-refractivity contribution in [2.24, 2.45) is 0 Å². The van der Waals surface area contributed by atoms with E-state index in [1.165, 1.54) is 4.90 Å². The molecule has 0 N–H and O–H groups in total. The minimum Gasteiger partial charge on any atom is -0.479 e. The first-order chi connectivity index (χ1) is 16.5. The smallest absolute Gasteiger partial charge is 0.267 e. The van der Waals surface area contributed by atoms with Crippen LogP contribution in [0.3, 0.4) is 0 Å². The van der Waals surface area contributed by atoms with Crippen molar-refractivity contribution in [3.8, 4) is 17.0 Å². The van der Waals surface area contributed by atoms with Gasteiger partial charge in [0, 0.05) is 37.6 Å². The lowest BCUT2D eigenvalue weighted by Gasteiger charge is -2.34. The quantitative estimate of drug-likeness (QED) is 0.485. The third kappa shape index (κ3) is 3.86. The van der Waals surface area contributed by atoms with Crippen LogP contribution in [0.1, 0.15) is 32.6 Å². The lowest BCUT2D eigenvalue weighted by Crippen LogP contribution is -2.48. The normalized spacial score (nSPS) is 17.1. The van der Waals surface area contributed by atoms with Gasteiger partial charge in [-0.3, -0.25) is 19.3 Å². The van der Waals surface area contributed by atoms with E-state index in [1.807, 2.05) is 23.6 Å². The number of carbonyl (C=O) groups excluding carboxylic acids is 3. The molecule has 0 fully saturated rings. The number of thiazole rings is 1. The maximum Gasteiger partial charge on any atom is 0.267 e. The molecule has 0 spiro atoms. The molecule has 0 bridgehead atoms. The molecule has 3 aromatic rings. The van der Waals surface area contributed by atoms with E-state index in [0.717, 1.165) is 22.7 Å². The van der Waals surface area contributed by atoms with Gasteiger partial charge >= 0.3 is 0 Å². The molecule has 0 saturated heterocycles. The Morgan fingerprint density at radius 3 is 2.44 bits per heavy atom. The predicted octanol–water partition coefficient (Wildman–Crippen LogP) is 3.41. The predicted molar refractivity (Wildman–Crippen MR) is 127 cm³/mol. The van der Waals surface area contributed by atoms with Crippen LogP contribution in [0.15, 0.2) is 47.8 Å². The molecule has 1 atom stereocenters. The third-order valence-electron chi connectivity index (χ3n) is 5.96. The number of nitrogens with zero attached hydrogens (tertiary/aromatic N) is 3. The van der Waals surface area contributed by atoms with E-state index in [4.69, 9.17) is 9.47 Å². The number of ether oxygens (including phenoxy) is 2. The van der Waals surface area contributed by atoms with Gasteiger partial charge in [-0.1, -0.05) is 12.1 Å². The summed E-state index contributed by atoms with van der Waals surface area (Å²) in [6.45, 7) is 2.55. The van der Waals surface area contributed by atoms with E-state index in [1.54, 1.807) is 54.5 Å². The van der Waals surface area contributed by atoms with E-state index in [0.29, 0.717) is 29.2 Å². The highest BCUT2D eigenvalue weighted by Gasteiger charge is 2.37. The zero-order valence-corrected chi connectivity index (χ0v) is 19.6. The van der Waals surface area contributed by atoms with Crippen LogP contribution < -0.4 is 9.64 Å². The Balaban J connectivity index is 1.40. The van der Waals surface area contributed by atoms with E-state index in [-0.39, 0.29) is 30.8 Å². The summed E-state index contributed by atoms with van der Waals surface area (Å²) in [6, 6.07) is 12.4. The standard InChI is InChI=1S/C25H23N3O5S/c1-15-23(29)27(10-11-28-24(30)17-5-3-4-6-18(17)25(28)31)20-13-16(7-8-21(20)33-15)19-14-34-22(26-19)9-12-32-2/h3-8,13-15H,9-12H2,1-2H3. The van der Waals surface area contributed by atoms with Crippen molar-refractivity contribution < 1.29 is 23.9 Å². The van der Waals surface area contributed by atoms with Crippen LogP contribution in [-0.2, 0) is 16.0 Å².